The Bertz CT molecular complexity index is 725. The van der Waals surface area contributed by atoms with Gasteiger partial charge in [-0.3, -0.25) is 4.99 Å². The van der Waals surface area contributed by atoms with Gasteiger partial charge in [-0.1, -0.05) is 6.07 Å². The van der Waals surface area contributed by atoms with Crippen LogP contribution in [-0.4, -0.2) is 47.4 Å². The van der Waals surface area contributed by atoms with Crippen molar-refractivity contribution in [1.82, 2.24) is 10.6 Å². The summed E-state index contributed by atoms with van der Waals surface area (Å²) in [5, 5.41) is 6.27. The summed E-state index contributed by atoms with van der Waals surface area (Å²) in [5.74, 6) is 0.843. The second-order valence-electron chi connectivity index (χ2n) is 6.71. The van der Waals surface area contributed by atoms with Gasteiger partial charge < -0.3 is 15.4 Å². The van der Waals surface area contributed by atoms with Crippen LogP contribution in [0.3, 0.4) is 0 Å². The Hall–Kier alpha value is -0.940. The summed E-state index contributed by atoms with van der Waals surface area (Å²) >= 11 is 0. The van der Waals surface area contributed by atoms with Gasteiger partial charge in [0.05, 0.1) is 5.75 Å². The third-order valence-corrected chi connectivity index (χ3v) is 4.90. The molecule has 0 radical (unpaired) electrons. The lowest BCUT2D eigenvalue weighted by molar-refractivity contribution is 0.123. The van der Waals surface area contributed by atoms with E-state index in [1.165, 1.54) is 37.3 Å². The molecule has 1 saturated carbocycles. The van der Waals surface area contributed by atoms with E-state index in [4.69, 9.17) is 4.74 Å². The lowest BCUT2D eigenvalue weighted by atomic mass is 10.1. The van der Waals surface area contributed by atoms with E-state index in [9.17, 15) is 12.8 Å². The van der Waals surface area contributed by atoms with E-state index in [-0.39, 0.29) is 29.7 Å². The smallest absolute Gasteiger partial charge is 0.191 e. The Morgan fingerprint density at radius 2 is 2.04 bits per heavy atom. The maximum Gasteiger partial charge on any atom is 0.191 e. The van der Waals surface area contributed by atoms with Gasteiger partial charge >= 0.3 is 0 Å². The first kappa shape index (κ1) is 24.1. The highest BCUT2D eigenvalue weighted by Crippen LogP contribution is 2.28. The van der Waals surface area contributed by atoms with Crippen molar-refractivity contribution in [2.24, 2.45) is 10.9 Å². The molecule has 0 atom stereocenters. The van der Waals surface area contributed by atoms with Gasteiger partial charge in [0.2, 0.25) is 0 Å². The van der Waals surface area contributed by atoms with Crippen molar-refractivity contribution in [2.45, 2.75) is 31.6 Å². The SMILES string of the molecule is CN=C(NCCCOCC1CC1)NCc1cc(F)ccc1CS(C)(=O)=O.I. The summed E-state index contributed by atoms with van der Waals surface area (Å²) in [6, 6.07) is 4.14. The normalized spacial score (nSPS) is 14.6. The second-order valence-corrected chi connectivity index (χ2v) is 8.85. The minimum Gasteiger partial charge on any atom is -0.381 e. The lowest BCUT2D eigenvalue weighted by Crippen LogP contribution is -2.37. The Kier molecular flexibility index (Phi) is 10.5. The van der Waals surface area contributed by atoms with Crippen LogP contribution < -0.4 is 10.6 Å². The van der Waals surface area contributed by atoms with E-state index in [0.717, 1.165) is 18.9 Å². The molecule has 2 N–H and O–H groups in total. The highest BCUT2D eigenvalue weighted by Gasteiger charge is 2.20. The monoisotopic (exact) mass is 513 g/mol. The van der Waals surface area contributed by atoms with Crippen LogP contribution in [0.15, 0.2) is 23.2 Å². The Balaban J connectivity index is 0.00000364. The molecule has 1 fully saturated rings. The highest BCUT2D eigenvalue weighted by molar-refractivity contribution is 14.0. The van der Waals surface area contributed by atoms with Crippen LogP contribution >= 0.6 is 24.0 Å². The standard InChI is InChI=1S/C18H28FN3O3S.HI/c1-20-18(21-8-3-9-25-12-14-4-5-14)22-11-16-10-17(19)7-6-15(16)13-26(2,23)24;/h6-7,10,14H,3-5,8-9,11-13H2,1-2H3,(H2,20,21,22);1H. The summed E-state index contributed by atoms with van der Waals surface area (Å²) < 4.78 is 42.2. The van der Waals surface area contributed by atoms with Crippen LogP contribution in [-0.2, 0) is 26.9 Å². The molecule has 0 heterocycles. The molecule has 0 unspecified atom stereocenters. The molecule has 0 spiro atoms. The van der Waals surface area contributed by atoms with Gasteiger partial charge in [0.25, 0.3) is 0 Å². The average molecular weight is 513 g/mol. The molecule has 0 bridgehead atoms. The molecule has 0 aliphatic heterocycles. The third-order valence-electron chi connectivity index (χ3n) is 4.06. The topological polar surface area (TPSA) is 79.8 Å². The minimum absolute atomic E-state index is 0. The molecule has 2 rings (SSSR count). The number of ether oxygens (including phenoxy) is 1. The molecule has 0 amide bonds. The van der Waals surface area contributed by atoms with Gasteiger partial charge in [-0.05, 0) is 48.4 Å². The van der Waals surface area contributed by atoms with E-state index in [1.54, 1.807) is 7.05 Å². The maximum atomic E-state index is 13.5. The number of halogens is 2. The Labute approximate surface area is 178 Å². The van der Waals surface area contributed by atoms with E-state index in [2.05, 4.69) is 15.6 Å². The largest absolute Gasteiger partial charge is 0.381 e. The Morgan fingerprint density at radius 3 is 2.67 bits per heavy atom. The number of hydrogen-bond donors (Lipinski definition) is 2. The van der Waals surface area contributed by atoms with Crippen LogP contribution in [0, 0.1) is 11.7 Å². The van der Waals surface area contributed by atoms with Crippen LogP contribution in [0.25, 0.3) is 0 Å². The van der Waals surface area contributed by atoms with Crippen molar-refractivity contribution in [3.63, 3.8) is 0 Å². The first-order chi connectivity index (χ1) is 12.4. The summed E-state index contributed by atoms with van der Waals surface area (Å²) in [6.45, 7) is 2.57. The number of benzene rings is 1. The van der Waals surface area contributed by atoms with E-state index < -0.39 is 15.7 Å². The molecular weight excluding hydrogens is 484 g/mol. The highest BCUT2D eigenvalue weighted by atomic mass is 127. The summed E-state index contributed by atoms with van der Waals surface area (Å²) in [6.07, 6.45) is 4.61. The number of guanidine groups is 1. The first-order valence-corrected chi connectivity index (χ1v) is 10.9. The van der Waals surface area contributed by atoms with Gasteiger partial charge in [0.1, 0.15) is 5.82 Å². The van der Waals surface area contributed by atoms with Crippen molar-refractivity contribution >= 4 is 39.8 Å². The van der Waals surface area contributed by atoms with Crippen molar-refractivity contribution in [1.29, 1.82) is 0 Å². The molecule has 9 heteroatoms. The third kappa shape index (κ3) is 10.2. The molecule has 0 aromatic heterocycles. The summed E-state index contributed by atoms with van der Waals surface area (Å²) in [7, 11) is -1.54. The fourth-order valence-corrected chi connectivity index (χ4v) is 3.34. The summed E-state index contributed by atoms with van der Waals surface area (Å²) in [5.41, 5.74) is 1.19. The molecule has 1 aromatic carbocycles. The maximum absolute atomic E-state index is 13.5. The molecule has 6 nitrogen and oxygen atoms in total. The van der Waals surface area contributed by atoms with E-state index in [0.29, 0.717) is 36.8 Å². The molecule has 27 heavy (non-hydrogen) atoms. The zero-order chi connectivity index (χ0) is 19.0. The minimum atomic E-state index is -3.19. The lowest BCUT2D eigenvalue weighted by Gasteiger charge is -2.14. The molecule has 154 valence electrons. The van der Waals surface area contributed by atoms with Gasteiger partial charge in [-0.25, -0.2) is 12.8 Å². The van der Waals surface area contributed by atoms with E-state index in [1.807, 2.05) is 0 Å². The fourth-order valence-electron chi connectivity index (χ4n) is 2.50. The summed E-state index contributed by atoms with van der Waals surface area (Å²) in [4.78, 5) is 4.13. The first-order valence-electron chi connectivity index (χ1n) is 8.84. The van der Waals surface area contributed by atoms with E-state index >= 15 is 0 Å². The number of sulfone groups is 1. The van der Waals surface area contributed by atoms with Crippen LogP contribution in [0.5, 0.6) is 0 Å². The zero-order valence-corrected chi connectivity index (χ0v) is 19.0. The van der Waals surface area contributed by atoms with Crippen molar-refractivity contribution in [3.05, 3.63) is 35.1 Å². The molecule has 0 saturated heterocycles. The predicted molar refractivity (Wildman–Crippen MR) is 117 cm³/mol. The number of rotatable bonds is 10. The van der Waals surface area contributed by atoms with Crippen molar-refractivity contribution in [2.75, 3.05) is 33.1 Å². The molecule has 1 aliphatic rings. The quantitative estimate of drug-likeness (QED) is 0.218. The van der Waals surface area contributed by atoms with Crippen LogP contribution in [0.1, 0.15) is 30.4 Å². The molecular formula is C18H29FIN3O3S. The predicted octanol–water partition coefficient (Wildman–Crippen LogP) is 2.47. The number of nitrogens with zero attached hydrogens (tertiary/aromatic N) is 1. The number of hydrogen-bond acceptors (Lipinski definition) is 4. The van der Waals surface area contributed by atoms with Crippen molar-refractivity contribution in [3.8, 4) is 0 Å². The van der Waals surface area contributed by atoms with Crippen molar-refractivity contribution < 1.29 is 17.5 Å². The Morgan fingerprint density at radius 1 is 1.30 bits per heavy atom. The van der Waals surface area contributed by atoms with Gasteiger partial charge in [-0.2, -0.15) is 0 Å². The number of nitrogens with one attached hydrogen (secondary N) is 2. The van der Waals surface area contributed by atoms with Crippen LogP contribution in [0.4, 0.5) is 4.39 Å². The second kappa shape index (κ2) is 11.8. The van der Waals surface area contributed by atoms with Gasteiger partial charge in [0.15, 0.2) is 15.8 Å². The van der Waals surface area contributed by atoms with Crippen LogP contribution in [0.2, 0.25) is 0 Å². The van der Waals surface area contributed by atoms with Gasteiger partial charge in [0, 0.05) is 39.6 Å². The fraction of sp³-hybridized carbons (Fsp3) is 0.611. The average Bonchev–Trinajstić information content (AvgIpc) is 3.39. The zero-order valence-electron chi connectivity index (χ0n) is 15.8. The molecule has 1 aromatic rings. The van der Waals surface area contributed by atoms with Gasteiger partial charge in [-0.15, -0.1) is 24.0 Å². The molecule has 1 aliphatic carbocycles. The number of aliphatic imine (C=N–C) groups is 1.